The van der Waals surface area contributed by atoms with Gasteiger partial charge in [0.05, 0.1) is 12.6 Å². The van der Waals surface area contributed by atoms with E-state index in [4.69, 9.17) is 9.47 Å². The molecule has 8 heteroatoms. The number of rotatable bonds is 7. The second-order valence-corrected chi connectivity index (χ2v) is 7.01. The van der Waals surface area contributed by atoms with Gasteiger partial charge in [0.2, 0.25) is 0 Å². The topological polar surface area (TPSA) is 73.9 Å². The number of hydrogen-bond donors (Lipinski definition) is 1. The van der Waals surface area contributed by atoms with Gasteiger partial charge < -0.3 is 19.5 Å². The summed E-state index contributed by atoms with van der Waals surface area (Å²) in [4.78, 5) is 23.5. The molecule has 0 radical (unpaired) electrons. The van der Waals surface area contributed by atoms with Crippen molar-refractivity contribution in [3.63, 3.8) is 0 Å². The van der Waals surface area contributed by atoms with Crippen LogP contribution < -0.4 is 10.1 Å². The molecule has 1 aliphatic heterocycles. The molecule has 0 saturated carbocycles. The van der Waals surface area contributed by atoms with E-state index in [9.17, 15) is 18.4 Å². The third kappa shape index (κ3) is 4.76. The second-order valence-electron chi connectivity index (χ2n) is 7.01. The maximum atomic E-state index is 14.0. The van der Waals surface area contributed by atoms with Gasteiger partial charge in [0, 0.05) is 14.6 Å². The van der Waals surface area contributed by atoms with E-state index >= 15 is 0 Å². The number of alkyl halides is 2. The van der Waals surface area contributed by atoms with Gasteiger partial charge in [-0.15, -0.1) is 0 Å². The molecule has 1 heterocycles. The minimum absolute atomic E-state index is 0. The highest BCUT2D eigenvalue weighted by Gasteiger charge is 2.51. The van der Waals surface area contributed by atoms with Crippen molar-refractivity contribution in [2.24, 2.45) is 0 Å². The van der Waals surface area contributed by atoms with Crippen molar-refractivity contribution < 1.29 is 34.0 Å². The molecule has 0 aliphatic carbocycles. The molecule has 0 atom stereocenters. The van der Waals surface area contributed by atoms with Crippen LogP contribution in [0.15, 0.2) is 54.6 Å². The van der Waals surface area contributed by atoms with Crippen molar-refractivity contribution in [3.05, 3.63) is 65.7 Å². The quantitative estimate of drug-likeness (QED) is 0.548. The smallest absolute Gasteiger partial charge is 0.418 e. The Morgan fingerprint density at radius 3 is 2.33 bits per heavy atom. The van der Waals surface area contributed by atoms with E-state index in [1.807, 2.05) is 30.3 Å². The number of methoxy groups -OCH3 is 1. The highest BCUT2D eigenvalue weighted by atomic mass is 19.3. The molecule has 6 nitrogen and oxygen atoms in total. The average molecular weight is 421 g/mol. The van der Waals surface area contributed by atoms with Crippen LogP contribution in [0.4, 0.5) is 8.78 Å². The van der Waals surface area contributed by atoms with E-state index in [0.717, 1.165) is 12.7 Å². The Balaban J connectivity index is 0.00000341. The van der Waals surface area contributed by atoms with Crippen LogP contribution in [-0.2, 0) is 31.2 Å². The first-order valence-electron chi connectivity index (χ1n) is 9.51. The Bertz CT molecular complexity index is 871. The summed E-state index contributed by atoms with van der Waals surface area (Å²) in [6, 6.07) is 16.5. The molecule has 30 heavy (non-hydrogen) atoms. The fraction of sp³-hybridized carbons (Fsp3) is 0.364. The van der Waals surface area contributed by atoms with Gasteiger partial charge in [-0.1, -0.05) is 42.5 Å². The van der Waals surface area contributed by atoms with Crippen molar-refractivity contribution in [2.75, 3.05) is 20.3 Å². The van der Waals surface area contributed by atoms with Crippen molar-refractivity contribution in [2.45, 2.75) is 30.9 Å². The molecule has 0 unspecified atom stereocenters. The standard InChI is InChI=1S/C22H23F2NO5.H2/c1-28-20(27)22(23,24)19(26)25-21(11-13-29-14-12-21)17-7-9-18(10-8-17)30-15-16-5-3-2-4-6-16;/h2-10H,11-15H2,1H3,(H,25,26);1H. The van der Waals surface area contributed by atoms with Gasteiger partial charge in [-0.2, -0.15) is 8.78 Å². The van der Waals surface area contributed by atoms with E-state index in [-0.39, 0.29) is 14.6 Å². The van der Waals surface area contributed by atoms with Crippen LogP contribution in [-0.4, -0.2) is 38.1 Å². The number of esters is 1. The van der Waals surface area contributed by atoms with Crippen LogP contribution in [0.3, 0.4) is 0 Å². The van der Waals surface area contributed by atoms with Crippen LogP contribution in [0.1, 0.15) is 25.4 Å². The van der Waals surface area contributed by atoms with Crippen LogP contribution in [0, 0.1) is 0 Å². The summed E-state index contributed by atoms with van der Waals surface area (Å²) in [5.74, 6) is -7.26. The summed E-state index contributed by atoms with van der Waals surface area (Å²) < 4.78 is 43.2. The number of halogens is 2. The van der Waals surface area contributed by atoms with Crippen molar-refractivity contribution >= 4 is 11.9 Å². The predicted octanol–water partition coefficient (Wildman–Crippen LogP) is 3.44. The first-order chi connectivity index (χ1) is 14.4. The molecule has 0 aromatic heterocycles. The third-order valence-corrected chi connectivity index (χ3v) is 5.08. The first-order valence-corrected chi connectivity index (χ1v) is 9.51. The minimum atomic E-state index is -4.28. The lowest BCUT2D eigenvalue weighted by Crippen LogP contribution is -2.56. The number of ether oxygens (including phenoxy) is 3. The zero-order chi connectivity index (χ0) is 21.6. The van der Waals surface area contributed by atoms with Gasteiger partial charge in [0.15, 0.2) is 0 Å². The monoisotopic (exact) mass is 421 g/mol. The summed E-state index contributed by atoms with van der Waals surface area (Å²) in [7, 11) is 0.807. The lowest BCUT2D eigenvalue weighted by atomic mass is 9.82. The largest absolute Gasteiger partial charge is 0.489 e. The van der Waals surface area contributed by atoms with Crippen molar-refractivity contribution in [3.8, 4) is 5.75 Å². The normalized spacial score (nSPS) is 15.8. The molecule has 2 aromatic rings. The second kappa shape index (κ2) is 9.21. The van der Waals surface area contributed by atoms with Crippen molar-refractivity contribution in [1.82, 2.24) is 5.32 Å². The summed E-state index contributed by atoms with van der Waals surface area (Å²) in [6.07, 6.45) is 0.584. The molecule has 162 valence electrons. The number of carbonyl (C=O) groups is 2. The van der Waals surface area contributed by atoms with Crippen molar-refractivity contribution in [1.29, 1.82) is 0 Å². The molecule has 1 saturated heterocycles. The fourth-order valence-electron chi connectivity index (χ4n) is 3.33. The van der Waals surface area contributed by atoms with E-state index in [0.29, 0.717) is 30.8 Å². The maximum absolute atomic E-state index is 14.0. The van der Waals surface area contributed by atoms with Gasteiger partial charge in [-0.25, -0.2) is 4.79 Å². The molecule has 1 fully saturated rings. The molecule has 1 aliphatic rings. The highest BCUT2D eigenvalue weighted by molar-refractivity contribution is 6.04. The molecular weight excluding hydrogens is 396 g/mol. The van der Waals surface area contributed by atoms with E-state index in [1.54, 1.807) is 24.3 Å². The summed E-state index contributed by atoms with van der Waals surface area (Å²) in [6.45, 7) is 0.966. The Kier molecular flexibility index (Phi) is 6.66. The molecular formula is C22H25F2NO5. The fourth-order valence-corrected chi connectivity index (χ4v) is 3.33. The number of hydrogen-bond acceptors (Lipinski definition) is 5. The Morgan fingerprint density at radius 1 is 1.10 bits per heavy atom. The van der Waals surface area contributed by atoms with E-state index < -0.39 is 23.3 Å². The number of amides is 1. The third-order valence-electron chi connectivity index (χ3n) is 5.08. The van der Waals surface area contributed by atoms with E-state index in [1.165, 1.54) is 0 Å². The van der Waals surface area contributed by atoms with Crippen LogP contribution in [0.5, 0.6) is 5.75 Å². The van der Waals surface area contributed by atoms with Gasteiger partial charge in [0.25, 0.3) is 0 Å². The van der Waals surface area contributed by atoms with E-state index in [2.05, 4.69) is 10.1 Å². The Hall–Kier alpha value is -3.00. The maximum Gasteiger partial charge on any atom is 0.418 e. The highest BCUT2D eigenvalue weighted by Crippen LogP contribution is 2.34. The summed E-state index contributed by atoms with van der Waals surface area (Å²) >= 11 is 0. The molecule has 1 amide bonds. The molecule has 1 N–H and O–H groups in total. The number of benzene rings is 2. The minimum Gasteiger partial charge on any atom is -0.489 e. The molecule has 0 bridgehead atoms. The predicted molar refractivity (Wildman–Crippen MR) is 106 cm³/mol. The Labute approximate surface area is 174 Å². The SMILES string of the molecule is COC(=O)C(F)(F)C(=O)NC1(c2ccc(OCc3ccccc3)cc2)CCOCC1.[HH]. The van der Waals surface area contributed by atoms with Gasteiger partial charge >= 0.3 is 17.8 Å². The molecule has 3 rings (SSSR count). The summed E-state index contributed by atoms with van der Waals surface area (Å²) in [5.41, 5.74) is 0.566. The lowest BCUT2D eigenvalue weighted by Gasteiger charge is -2.39. The molecule has 0 spiro atoms. The Morgan fingerprint density at radius 2 is 1.73 bits per heavy atom. The zero-order valence-electron chi connectivity index (χ0n) is 16.5. The zero-order valence-corrected chi connectivity index (χ0v) is 16.5. The number of carbonyl (C=O) groups excluding carboxylic acids is 2. The average Bonchev–Trinajstić information content (AvgIpc) is 2.78. The molecule has 2 aromatic carbocycles. The first kappa shape index (κ1) is 21.7. The number of nitrogens with one attached hydrogen (secondary N) is 1. The van der Waals surface area contributed by atoms with Gasteiger partial charge in [-0.3, -0.25) is 4.79 Å². The van der Waals surface area contributed by atoms with Gasteiger partial charge in [-0.05, 0) is 36.1 Å². The van der Waals surface area contributed by atoms with Gasteiger partial charge in [0.1, 0.15) is 12.4 Å². The van der Waals surface area contributed by atoms with Crippen LogP contribution in [0.25, 0.3) is 0 Å². The van der Waals surface area contributed by atoms with Crippen LogP contribution >= 0.6 is 0 Å². The lowest BCUT2D eigenvalue weighted by molar-refractivity contribution is -0.176. The summed E-state index contributed by atoms with van der Waals surface area (Å²) in [5, 5.41) is 2.37. The van der Waals surface area contributed by atoms with Crippen LogP contribution in [0.2, 0.25) is 0 Å².